The molecule has 0 amide bonds. The first-order valence-electron chi connectivity index (χ1n) is 6.52. The van der Waals surface area contributed by atoms with E-state index in [0.717, 1.165) is 29.9 Å². The van der Waals surface area contributed by atoms with Crippen LogP contribution in [0.2, 0.25) is 0 Å². The maximum Gasteiger partial charge on any atom is 0.218 e. The van der Waals surface area contributed by atoms with Gasteiger partial charge in [0.15, 0.2) is 5.82 Å². The molecule has 2 aromatic heterocycles. The summed E-state index contributed by atoms with van der Waals surface area (Å²) in [6, 6.07) is 1.77. The summed E-state index contributed by atoms with van der Waals surface area (Å²) in [5.41, 5.74) is 8.72. The van der Waals surface area contributed by atoms with Crippen LogP contribution in [0.25, 0.3) is 5.82 Å². The fourth-order valence-electron chi connectivity index (χ4n) is 1.98. The fraction of sp³-hybridized carbons (Fsp3) is 0.462. The van der Waals surface area contributed by atoms with E-state index in [1.54, 1.807) is 10.7 Å². The second-order valence-electron chi connectivity index (χ2n) is 4.07. The van der Waals surface area contributed by atoms with Gasteiger partial charge in [-0.3, -0.25) is 0 Å². The number of rotatable bonds is 5. The molecule has 0 spiro atoms. The van der Waals surface area contributed by atoms with Crippen molar-refractivity contribution in [3.8, 4) is 11.7 Å². The summed E-state index contributed by atoms with van der Waals surface area (Å²) in [7, 11) is 0. The molecule has 19 heavy (non-hydrogen) atoms. The first-order valence-corrected chi connectivity index (χ1v) is 6.52. The zero-order chi connectivity index (χ0) is 13.8. The highest BCUT2D eigenvalue weighted by atomic mass is 16.5. The van der Waals surface area contributed by atoms with Crippen molar-refractivity contribution in [3.63, 3.8) is 0 Å². The molecule has 2 aromatic rings. The lowest BCUT2D eigenvalue weighted by molar-refractivity contribution is 0.326. The Morgan fingerprint density at radius 1 is 1.21 bits per heavy atom. The Morgan fingerprint density at radius 2 is 2.00 bits per heavy atom. The van der Waals surface area contributed by atoms with Crippen LogP contribution in [0.3, 0.4) is 0 Å². The number of hydrogen-bond acceptors (Lipinski definition) is 5. The Morgan fingerprint density at radius 3 is 2.63 bits per heavy atom. The van der Waals surface area contributed by atoms with E-state index in [2.05, 4.69) is 15.1 Å². The third-order valence-corrected chi connectivity index (χ3v) is 2.90. The standard InChI is InChI=1S/C13H19N5O/c1-4-9-13(14)10(5-2)18(17-9)11-7-12(19-6-3)16-8-15-11/h7-8H,4-6,14H2,1-3H3. The average Bonchev–Trinajstić information content (AvgIpc) is 2.75. The van der Waals surface area contributed by atoms with Crippen molar-refractivity contribution in [2.45, 2.75) is 33.6 Å². The second kappa shape index (κ2) is 5.69. The number of nitrogens with zero attached hydrogens (tertiary/aromatic N) is 4. The Balaban J connectivity index is 2.48. The smallest absolute Gasteiger partial charge is 0.218 e. The van der Waals surface area contributed by atoms with Crippen molar-refractivity contribution in [1.29, 1.82) is 0 Å². The molecule has 0 aromatic carbocycles. The molecule has 0 aliphatic rings. The maximum atomic E-state index is 6.10. The second-order valence-corrected chi connectivity index (χ2v) is 4.07. The van der Waals surface area contributed by atoms with Crippen LogP contribution in [0, 0.1) is 0 Å². The highest BCUT2D eigenvalue weighted by Crippen LogP contribution is 2.22. The van der Waals surface area contributed by atoms with Gasteiger partial charge in [-0.25, -0.2) is 14.6 Å². The lowest BCUT2D eigenvalue weighted by atomic mass is 10.2. The minimum absolute atomic E-state index is 0.543. The number of nitrogen functional groups attached to an aromatic ring is 1. The largest absolute Gasteiger partial charge is 0.478 e. The number of anilines is 1. The van der Waals surface area contributed by atoms with E-state index in [0.29, 0.717) is 18.3 Å². The summed E-state index contributed by atoms with van der Waals surface area (Å²) in [5, 5.41) is 4.52. The van der Waals surface area contributed by atoms with Crippen LogP contribution in [-0.2, 0) is 12.8 Å². The first kappa shape index (κ1) is 13.3. The summed E-state index contributed by atoms with van der Waals surface area (Å²) < 4.78 is 7.16. The third-order valence-electron chi connectivity index (χ3n) is 2.90. The zero-order valence-corrected chi connectivity index (χ0v) is 11.6. The number of nitrogens with two attached hydrogens (primary N) is 1. The van der Waals surface area contributed by atoms with Crippen molar-refractivity contribution in [2.24, 2.45) is 0 Å². The summed E-state index contributed by atoms with van der Waals surface area (Å²) in [5.74, 6) is 1.23. The van der Waals surface area contributed by atoms with E-state index in [1.165, 1.54) is 6.33 Å². The van der Waals surface area contributed by atoms with E-state index < -0.39 is 0 Å². The number of aryl methyl sites for hydroxylation is 1. The van der Waals surface area contributed by atoms with E-state index in [4.69, 9.17) is 10.5 Å². The molecule has 2 N–H and O–H groups in total. The average molecular weight is 261 g/mol. The summed E-state index contributed by atoms with van der Waals surface area (Å²) in [4.78, 5) is 8.30. The predicted molar refractivity (Wildman–Crippen MR) is 73.5 cm³/mol. The van der Waals surface area contributed by atoms with Crippen molar-refractivity contribution < 1.29 is 4.74 Å². The van der Waals surface area contributed by atoms with Gasteiger partial charge in [0, 0.05) is 6.07 Å². The predicted octanol–water partition coefficient (Wildman–Crippen LogP) is 1.77. The summed E-state index contributed by atoms with van der Waals surface area (Å²) in [6.07, 6.45) is 3.07. The van der Waals surface area contributed by atoms with Gasteiger partial charge in [-0.2, -0.15) is 5.10 Å². The van der Waals surface area contributed by atoms with Crippen LogP contribution in [0.5, 0.6) is 5.88 Å². The van der Waals surface area contributed by atoms with Crippen LogP contribution in [0.15, 0.2) is 12.4 Å². The van der Waals surface area contributed by atoms with Gasteiger partial charge in [0.05, 0.1) is 23.7 Å². The molecule has 2 heterocycles. The van der Waals surface area contributed by atoms with Gasteiger partial charge in [-0.1, -0.05) is 13.8 Å². The monoisotopic (exact) mass is 261 g/mol. The van der Waals surface area contributed by atoms with Crippen molar-refractivity contribution >= 4 is 5.69 Å². The van der Waals surface area contributed by atoms with Gasteiger partial charge in [0.25, 0.3) is 0 Å². The van der Waals surface area contributed by atoms with E-state index in [1.807, 2.05) is 20.8 Å². The number of aromatic nitrogens is 4. The Bertz CT molecular complexity index is 564. The molecule has 0 saturated carbocycles. The molecule has 6 heteroatoms. The lowest BCUT2D eigenvalue weighted by Gasteiger charge is -2.07. The first-order chi connectivity index (χ1) is 9.21. The third kappa shape index (κ3) is 2.52. The van der Waals surface area contributed by atoms with Crippen LogP contribution < -0.4 is 10.5 Å². The van der Waals surface area contributed by atoms with Crippen LogP contribution in [-0.4, -0.2) is 26.4 Å². The van der Waals surface area contributed by atoms with Crippen LogP contribution in [0.4, 0.5) is 5.69 Å². The molecule has 0 atom stereocenters. The molecular weight excluding hydrogens is 242 g/mol. The molecule has 0 radical (unpaired) electrons. The molecule has 0 unspecified atom stereocenters. The molecule has 0 bridgehead atoms. The van der Waals surface area contributed by atoms with Crippen molar-refractivity contribution in [2.75, 3.05) is 12.3 Å². The van der Waals surface area contributed by atoms with Gasteiger partial charge in [0.1, 0.15) is 6.33 Å². The molecule has 0 saturated heterocycles. The fourth-order valence-corrected chi connectivity index (χ4v) is 1.98. The lowest BCUT2D eigenvalue weighted by Crippen LogP contribution is -2.06. The van der Waals surface area contributed by atoms with Gasteiger partial charge in [-0.05, 0) is 19.8 Å². The van der Waals surface area contributed by atoms with E-state index in [-0.39, 0.29) is 0 Å². The highest BCUT2D eigenvalue weighted by molar-refractivity contribution is 5.51. The Kier molecular flexibility index (Phi) is 3.99. The van der Waals surface area contributed by atoms with Gasteiger partial charge >= 0.3 is 0 Å². The molecule has 102 valence electrons. The molecule has 6 nitrogen and oxygen atoms in total. The molecular formula is C13H19N5O. The molecule has 0 aliphatic heterocycles. The minimum atomic E-state index is 0.543. The number of hydrogen-bond donors (Lipinski definition) is 1. The van der Waals surface area contributed by atoms with Gasteiger partial charge in [0.2, 0.25) is 5.88 Å². The Labute approximate surface area is 112 Å². The van der Waals surface area contributed by atoms with Gasteiger partial charge in [-0.15, -0.1) is 0 Å². The van der Waals surface area contributed by atoms with Crippen LogP contribution in [0.1, 0.15) is 32.2 Å². The van der Waals surface area contributed by atoms with Gasteiger partial charge < -0.3 is 10.5 Å². The zero-order valence-electron chi connectivity index (χ0n) is 11.6. The molecule has 2 rings (SSSR count). The Hall–Kier alpha value is -2.11. The molecule has 0 fully saturated rings. The SMILES string of the molecule is CCOc1cc(-n2nc(CC)c(N)c2CC)ncn1. The minimum Gasteiger partial charge on any atom is -0.478 e. The summed E-state index contributed by atoms with van der Waals surface area (Å²) >= 11 is 0. The topological polar surface area (TPSA) is 78.9 Å². The normalized spacial score (nSPS) is 10.7. The van der Waals surface area contributed by atoms with Crippen molar-refractivity contribution in [1.82, 2.24) is 19.7 Å². The van der Waals surface area contributed by atoms with E-state index >= 15 is 0 Å². The molecule has 0 aliphatic carbocycles. The number of ether oxygens (including phenoxy) is 1. The summed E-state index contributed by atoms with van der Waals surface area (Å²) in [6.45, 7) is 6.57. The van der Waals surface area contributed by atoms with E-state index in [9.17, 15) is 0 Å². The van der Waals surface area contributed by atoms with Crippen molar-refractivity contribution in [3.05, 3.63) is 23.8 Å². The quantitative estimate of drug-likeness (QED) is 0.887. The maximum absolute atomic E-state index is 6.10. The van der Waals surface area contributed by atoms with Crippen LogP contribution >= 0.6 is 0 Å². The highest BCUT2D eigenvalue weighted by Gasteiger charge is 2.15.